The van der Waals surface area contributed by atoms with Crippen LogP contribution in [0.25, 0.3) is 0 Å². The summed E-state index contributed by atoms with van der Waals surface area (Å²) in [4.78, 5) is 0. The van der Waals surface area contributed by atoms with Crippen LogP contribution in [0.4, 0.5) is 0 Å². The SMILES string of the molecule is BrCCCCCCCCc1cc(Br)sc1Br. The standard InChI is InChI=1S/C12H17Br3S/c13-8-6-4-2-1-3-5-7-10-9-11(14)16-12(10)15/h9H,1-8H2. The maximum Gasteiger partial charge on any atom is 0.0742 e. The predicted molar refractivity (Wildman–Crippen MR) is 84.9 cm³/mol. The van der Waals surface area contributed by atoms with Gasteiger partial charge in [0.25, 0.3) is 0 Å². The largest absolute Gasteiger partial charge is 0.121 e. The van der Waals surface area contributed by atoms with Crippen molar-refractivity contribution in [2.24, 2.45) is 0 Å². The molecule has 0 radical (unpaired) electrons. The van der Waals surface area contributed by atoms with Crippen molar-refractivity contribution in [3.63, 3.8) is 0 Å². The van der Waals surface area contributed by atoms with Crippen LogP contribution in [0, 0.1) is 0 Å². The molecule has 0 aromatic carbocycles. The highest BCUT2D eigenvalue weighted by Gasteiger charge is 2.04. The lowest BCUT2D eigenvalue weighted by molar-refractivity contribution is 0.610. The van der Waals surface area contributed by atoms with Gasteiger partial charge in [0.1, 0.15) is 0 Å². The highest BCUT2D eigenvalue weighted by Crippen LogP contribution is 2.32. The average Bonchev–Trinajstić information content (AvgIpc) is 2.56. The quantitative estimate of drug-likeness (QED) is 0.322. The van der Waals surface area contributed by atoms with Crippen LogP contribution in [0.1, 0.15) is 44.1 Å². The van der Waals surface area contributed by atoms with Crippen molar-refractivity contribution in [2.75, 3.05) is 5.33 Å². The minimum atomic E-state index is 1.16. The second kappa shape index (κ2) is 9.12. The van der Waals surface area contributed by atoms with Gasteiger partial charge in [-0.25, -0.2) is 0 Å². The van der Waals surface area contributed by atoms with Gasteiger partial charge in [-0.15, -0.1) is 11.3 Å². The van der Waals surface area contributed by atoms with Gasteiger partial charge in [0.15, 0.2) is 0 Å². The molecule has 0 nitrogen and oxygen atoms in total. The van der Waals surface area contributed by atoms with Crippen LogP contribution >= 0.6 is 59.1 Å². The molecule has 0 bridgehead atoms. The highest BCUT2D eigenvalue weighted by atomic mass is 79.9. The van der Waals surface area contributed by atoms with Crippen LogP contribution in [0.3, 0.4) is 0 Å². The molecule has 1 aromatic rings. The van der Waals surface area contributed by atoms with Gasteiger partial charge in [0, 0.05) is 5.33 Å². The van der Waals surface area contributed by atoms with Gasteiger partial charge in [-0.2, -0.15) is 0 Å². The molecule has 92 valence electrons. The maximum atomic E-state index is 3.60. The summed E-state index contributed by atoms with van der Waals surface area (Å²) in [5.41, 5.74) is 1.46. The molecule has 1 heterocycles. The second-order valence-electron chi connectivity index (χ2n) is 3.91. The van der Waals surface area contributed by atoms with Gasteiger partial charge in [-0.05, 0) is 62.8 Å². The van der Waals surface area contributed by atoms with Crippen molar-refractivity contribution in [1.29, 1.82) is 0 Å². The molecular formula is C12H17Br3S. The number of halogens is 3. The summed E-state index contributed by atoms with van der Waals surface area (Å²) in [6.45, 7) is 0. The smallest absolute Gasteiger partial charge is 0.0742 e. The lowest BCUT2D eigenvalue weighted by Crippen LogP contribution is -1.85. The number of thiophene rings is 1. The monoisotopic (exact) mass is 430 g/mol. The highest BCUT2D eigenvalue weighted by molar-refractivity contribution is 9.12. The van der Waals surface area contributed by atoms with E-state index in [0.717, 1.165) is 5.33 Å². The normalized spacial score (nSPS) is 10.9. The van der Waals surface area contributed by atoms with E-state index in [1.165, 1.54) is 58.1 Å². The Hall–Kier alpha value is 1.14. The fourth-order valence-corrected chi connectivity index (χ4v) is 4.97. The van der Waals surface area contributed by atoms with E-state index in [2.05, 4.69) is 53.9 Å². The summed E-state index contributed by atoms with van der Waals surface area (Å²) in [5, 5.41) is 1.16. The van der Waals surface area contributed by atoms with Crippen molar-refractivity contribution in [3.8, 4) is 0 Å². The maximum absolute atomic E-state index is 3.60. The van der Waals surface area contributed by atoms with Crippen molar-refractivity contribution in [2.45, 2.75) is 44.9 Å². The lowest BCUT2D eigenvalue weighted by Gasteiger charge is -2.00. The van der Waals surface area contributed by atoms with Gasteiger partial charge >= 0.3 is 0 Å². The van der Waals surface area contributed by atoms with E-state index in [1.807, 2.05) is 0 Å². The summed E-state index contributed by atoms with van der Waals surface area (Å²) < 4.78 is 2.52. The number of unbranched alkanes of at least 4 members (excludes halogenated alkanes) is 5. The van der Waals surface area contributed by atoms with Gasteiger partial charge in [-0.3, -0.25) is 0 Å². The Labute approximate surface area is 128 Å². The molecule has 0 N–H and O–H groups in total. The molecule has 16 heavy (non-hydrogen) atoms. The first-order chi connectivity index (χ1) is 7.74. The minimum Gasteiger partial charge on any atom is -0.121 e. The second-order valence-corrected chi connectivity index (χ2v) is 8.45. The molecule has 1 rings (SSSR count). The molecule has 4 heteroatoms. The fraction of sp³-hybridized carbons (Fsp3) is 0.667. The molecule has 0 fully saturated rings. The summed E-state index contributed by atoms with van der Waals surface area (Å²) in [7, 11) is 0. The van der Waals surface area contributed by atoms with Crippen LogP contribution in [-0.4, -0.2) is 5.33 Å². The summed E-state index contributed by atoms with van der Waals surface area (Å²) in [6, 6.07) is 2.24. The summed E-state index contributed by atoms with van der Waals surface area (Å²) >= 11 is 12.4. The van der Waals surface area contributed by atoms with Gasteiger partial charge in [0.05, 0.1) is 7.57 Å². The van der Waals surface area contributed by atoms with Crippen LogP contribution in [0.15, 0.2) is 13.6 Å². The molecule has 0 saturated heterocycles. The van der Waals surface area contributed by atoms with E-state index in [1.54, 1.807) is 11.3 Å². The Morgan fingerprint density at radius 3 is 2.12 bits per heavy atom. The Morgan fingerprint density at radius 2 is 1.56 bits per heavy atom. The van der Waals surface area contributed by atoms with Crippen LogP contribution in [0.5, 0.6) is 0 Å². The number of rotatable bonds is 8. The molecule has 1 aromatic heterocycles. The van der Waals surface area contributed by atoms with Crippen LogP contribution < -0.4 is 0 Å². The molecule has 0 atom stereocenters. The van der Waals surface area contributed by atoms with Crippen LogP contribution in [0.2, 0.25) is 0 Å². The third-order valence-electron chi connectivity index (χ3n) is 2.56. The Balaban J connectivity index is 2.05. The number of alkyl halides is 1. The van der Waals surface area contributed by atoms with E-state index in [4.69, 9.17) is 0 Å². The van der Waals surface area contributed by atoms with Gasteiger partial charge in [-0.1, -0.05) is 41.6 Å². The molecule has 0 aliphatic carbocycles. The Bertz CT molecular complexity index is 296. The minimum absolute atomic E-state index is 1.16. The number of hydrogen-bond acceptors (Lipinski definition) is 1. The van der Waals surface area contributed by atoms with Crippen molar-refractivity contribution in [1.82, 2.24) is 0 Å². The molecule has 0 saturated carbocycles. The summed E-state index contributed by atoms with van der Waals surface area (Å²) in [6.07, 6.45) is 9.36. The number of aryl methyl sites for hydroxylation is 1. The Morgan fingerprint density at radius 1 is 0.938 bits per heavy atom. The first-order valence-electron chi connectivity index (χ1n) is 5.73. The first-order valence-corrected chi connectivity index (χ1v) is 9.26. The zero-order valence-electron chi connectivity index (χ0n) is 9.28. The van der Waals surface area contributed by atoms with E-state index < -0.39 is 0 Å². The van der Waals surface area contributed by atoms with Crippen molar-refractivity contribution >= 4 is 59.1 Å². The zero-order chi connectivity index (χ0) is 11.8. The first kappa shape index (κ1) is 15.2. The topological polar surface area (TPSA) is 0 Å². The van der Waals surface area contributed by atoms with Crippen molar-refractivity contribution in [3.05, 3.63) is 19.2 Å². The average molecular weight is 433 g/mol. The van der Waals surface area contributed by atoms with E-state index in [-0.39, 0.29) is 0 Å². The fourth-order valence-electron chi connectivity index (χ4n) is 1.66. The lowest BCUT2D eigenvalue weighted by atomic mass is 10.1. The third-order valence-corrected chi connectivity index (χ3v) is 5.58. The van der Waals surface area contributed by atoms with Crippen LogP contribution in [-0.2, 0) is 6.42 Å². The predicted octanol–water partition coefficient (Wildman–Crippen LogP) is 6.55. The molecule has 0 spiro atoms. The Kier molecular flexibility index (Phi) is 8.66. The summed E-state index contributed by atoms with van der Waals surface area (Å²) in [5.74, 6) is 0. The zero-order valence-corrected chi connectivity index (χ0v) is 14.9. The van der Waals surface area contributed by atoms with Gasteiger partial charge in [0.2, 0.25) is 0 Å². The van der Waals surface area contributed by atoms with E-state index >= 15 is 0 Å². The van der Waals surface area contributed by atoms with E-state index in [9.17, 15) is 0 Å². The molecule has 0 amide bonds. The third kappa shape index (κ3) is 6.18. The molecular weight excluding hydrogens is 416 g/mol. The number of hydrogen-bond donors (Lipinski definition) is 0. The molecule has 0 unspecified atom stereocenters. The van der Waals surface area contributed by atoms with Gasteiger partial charge < -0.3 is 0 Å². The van der Waals surface area contributed by atoms with E-state index in [0.29, 0.717) is 0 Å². The van der Waals surface area contributed by atoms with Crippen molar-refractivity contribution < 1.29 is 0 Å². The molecule has 0 aliphatic rings. The molecule has 0 aliphatic heterocycles.